The Hall–Kier alpha value is -2.65. The Balaban J connectivity index is 1.92. The van der Waals surface area contributed by atoms with Crippen LogP contribution in [0.25, 0.3) is 0 Å². The molecule has 2 rings (SSSR count). The third-order valence-corrected chi connectivity index (χ3v) is 4.93. The molecule has 0 aliphatic carbocycles. The molecule has 0 aliphatic heterocycles. The van der Waals surface area contributed by atoms with E-state index < -0.39 is 0 Å². The number of nitrogens with one attached hydrogen (secondary N) is 2. The van der Waals surface area contributed by atoms with E-state index in [1.807, 2.05) is 29.5 Å². The summed E-state index contributed by atoms with van der Waals surface area (Å²) in [7, 11) is 3.38. The van der Waals surface area contributed by atoms with E-state index >= 15 is 0 Å². The maximum atomic E-state index is 5.55. The van der Waals surface area contributed by atoms with Gasteiger partial charge in [-0.05, 0) is 43.7 Å². The zero-order valence-electron chi connectivity index (χ0n) is 16.3. The molecule has 2 aromatic rings. The fourth-order valence-electron chi connectivity index (χ4n) is 2.62. The van der Waals surface area contributed by atoms with Gasteiger partial charge < -0.3 is 20.1 Å². The highest BCUT2D eigenvalue weighted by Gasteiger charge is 2.09. The Morgan fingerprint density at radius 2 is 2.11 bits per heavy atom. The van der Waals surface area contributed by atoms with Gasteiger partial charge in [0.2, 0.25) is 0 Å². The standard InChI is InChI=1S/C21H27N3O2S/c1-6-11-26-20-13-17(8-10-19(20)25-5)14-23-21(22-4)24-15(2)12-18-9-7-16(3)27-18/h1,7-10,13,15H,11-12,14H2,2-5H3,(H2,22,23,24). The molecular formula is C21H27N3O2S. The number of aliphatic imine (C=N–C) groups is 1. The van der Waals surface area contributed by atoms with E-state index in [0.29, 0.717) is 18.0 Å². The van der Waals surface area contributed by atoms with Crippen molar-refractivity contribution in [1.82, 2.24) is 10.6 Å². The van der Waals surface area contributed by atoms with E-state index in [4.69, 9.17) is 15.9 Å². The SMILES string of the molecule is C#CCOc1cc(CNC(=NC)NC(C)Cc2ccc(C)s2)ccc1OC. The number of guanidine groups is 1. The van der Waals surface area contributed by atoms with Gasteiger partial charge >= 0.3 is 0 Å². The van der Waals surface area contributed by atoms with Crippen LogP contribution in [0.15, 0.2) is 35.3 Å². The van der Waals surface area contributed by atoms with Gasteiger partial charge in [-0.25, -0.2) is 0 Å². The number of hydrogen-bond acceptors (Lipinski definition) is 4. The molecule has 0 saturated heterocycles. The predicted molar refractivity (Wildman–Crippen MR) is 113 cm³/mol. The minimum absolute atomic E-state index is 0.205. The van der Waals surface area contributed by atoms with E-state index in [2.05, 4.69) is 47.5 Å². The second-order valence-corrected chi connectivity index (χ2v) is 7.54. The van der Waals surface area contributed by atoms with Gasteiger partial charge in [0.05, 0.1) is 7.11 Å². The molecule has 0 saturated carbocycles. The number of aryl methyl sites for hydroxylation is 1. The minimum Gasteiger partial charge on any atom is -0.493 e. The van der Waals surface area contributed by atoms with Crippen molar-refractivity contribution >= 4 is 17.3 Å². The number of nitrogens with zero attached hydrogens (tertiary/aromatic N) is 1. The highest BCUT2D eigenvalue weighted by molar-refractivity contribution is 7.11. The molecule has 5 nitrogen and oxygen atoms in total. The Morgan fingerprint density at radius 3 is 2.74 bits per heavy atom. The Labute approximate surface area is 165 Å². The monoisotopic (exact) mass is 385 g/mol. The summed E-state index contributed by atoms with van der Waals surface area (Å²) in [6, 6.07) is 10.4. The first-order chi connectivity index (χ1) is 13.0. The van der Waals surface area contributed by atoms with Crippen LogP contribution in [0.3, 0.4) is 0 Å². The zero-order chi connectivity index (χ0) is 19.6. The number of ether oxygens (including phenoxy) is 2. The lowest BCUT2D eigenvalue weighted by molar-refractivity contribution is 0.330. The summed E-state index contributed by atoms with van der Waals surface area (Å²) in [6.07, 6.45) is 6.24. The van der Waals surface area contributed by atoms with Crippen molar-refractivity contribution in [3.05, 3.63) is 45.6 Å². The van der Waals surface area contributed by atoms with Gasteiger partial charge in [-0.1, -0.05) is 12.0 Å². The van der Waals surface area contributed by atoms with Gasteiger partial charge in [0.25, 0.3) is 0 Å². The predicted octanol–water partition coefficient (Wildman–Crippen LogP) is 3.37. The largest absolute Gasteiger partial charge is 0.493 e. The van der Waals surface area contributed by atoms with Crippen LogP contribution in [-0.2, 0) is 13.0 Å². The van der Waals surface area contributed by atoms with Gasteiger partial charge in [-0.3, -0.25) is 4.99 Å². The van der Waals surface area contributed by atoms with E-state index in [0.717, 1.165) is 17.9 Å². The van der Waals surface area contributed by atoms with Gasteiger partial charge in [0.15, 0.2) is 17.5 Å². The van der Waals surface area contributed by atoms with Gasteiger partial charge in [-0.15, -0.1) is 17.8 Å². The highest BCUT2D eigenvalue weighted by Crippen LogP contribution is 2.28. The van der Waals surface area contributed by atoms with Crippen LogP contribution in [0.4, 0.5) is 0 Å². The lowest BCUT2D eigenvalue weighted by atomic mass is 10.2. The maximum Gasteiger partial charge on any atom is 0.191 e. The van der Waals surface area contributed by atoms with E-state index in [1.54, 1.807) is 14.2 Å². The number of methoxy groups -OCH3 is 1. The fraction of sp³-hybridized carbons (Fsp3) is 0.381. The molecule has 6 heteroatoms. The minimum atomic E-state index is 0.205. The highest BCUT2D eigenvalue weighted by atomic mass is 32.1. The van der Waals surface area contributed by atoms with Crippen LogP contribution in [0.1, 0.15) is 22.2 Å². The zero-order valence-corrected chi connectivity index (χ0v) is 17.2. The number of hydrogen-bond donors (Lipinski definition) is 2. The average molecular weight is 386 g/mol. The third-order valence-electron chi connectivity index (χ3n) is 3.91. The molecule has 1 unspecified atom stereocenters. The van der Waals surface area contributed by atoms with Crippen molar-refractivity contribution in [1.29, 1.82) is 0 Å². The first-order valence-corrected chi connectivity index (χ1v) is 9.63. The molecule has 0 bridgehead atoms. The van der Waals surface area contributed by atoms with Crippen molar-refractivity contribution in [2.75, 3.05) is 20.8 Å². The van der Waals surface area contributed by atoms with Gasteiger partial charge in [-0.2, -0.15) is 0 Å². The molecule has 0 fully saturated rings. The van der Waals surface area contributed by atoms with Crippen molar-refractivity contribution < 1.29 is 9.47 Å². The first-order valence-electron chi connectivity index (χ1n) is 8.81. The van der Waals surface area contributed by atoms with Crippen molar-refractivity contribution in [3.63, 3.8) is 0 Å². The van der Waals surface area contributed by atoms with Crippen molar-refractivity contribution in [2.24, 2.45) is 4.99 Å². The van der Waals surface area contributed by atoms with E-state index in [9.17, 15) is 0 Å². The first kappa shape index (κ1) is 20.7. The van der Waals surface area contributed by atoms with Gasteiger partial charge in [0.1, 0.15) is 6.61 Å². The molecule has 144 valence electrons. The molecule has 1 aromatic carbocycles. The summed E-state index contributed by atoms with van der Waals surface area (Å²) < 4.78 is 10.9. The normalized spacial score (nSPS) is 12.2. The number of rotatable bonds is 8. The molecule has 0 spiro atoms. The molecule has 1 heterocycles. The van der Waals surface area contributed by atoms with Crippen LogP contribution >= 0.6 is 11.3 Å². The summed E-state index contributed by atoms with van der Waals surface area (Å²) in [5.74, 6) is 4.53. The van der Waals surface area contributed by atoms with Crippen LogP contribution in [0.2, 0.25) is 0 Å². The smallest absolute Gasteiger partial charge is 0.191 e. The summed E-state index contributed by atoms with van der Waals surface area (Å²) in [6.45, 7) is 5.10. The second kappa shape index (κ2) is 10.5. The molecule has 0 radical (unpaired) electrons. The summed E-state index contributed by atoms with van der Waals surface area (Å²) in [5.41, 5.74) is 1.05. The number of terminal acetylenes is 1. The van der Waals surface area contributed by atoms with Crippen LogP contribution in [0, 0.1) is 19.3 Å². The molecular weight excluding hydrogens is 358 g/mol. The Kier molecular flexibility index (Phi) is 8.02. The lowest BCUT2D eigenvalue weighted by Gasteiger charge is -2.18. The molecule has 0 aliphatic rings. The molecule has 1 aromatic heterocycles. The van der Waals surface area contributed by atoms with E-state index in [1.165, 1.54) is 9.75 Å². The lowest BCUT2D eigenvalue weighted by Crippen LogP contribution is -2.42. The van der Waals surface area contributed by atoms with Crippen molar-refractivity contribution in [3.8, 4) is 23.8 Å². The molecule has 27 heavy (non-hydrogen) atoms. The van der Waals surface area contributed by atoms with E-state index in [-0.39, 0.29) is 12.6 Å². The second-order valence-electron chi connectivity index (χ2n) is 6.17. The molecule has 2 N–H and O–H groups in total. The maximum absolute atomic E-state index is 5.55. The summed E-state index contributed by atoms with van der Waals surface area (Å²) in [5, 5.41) is 6.76. The van der Waals surface area contributed by atoms with Gasteiger partial charge in [0, 0.05) is 35.8 Å². The number of thiophene rings is 1. The number of benzene rings is 1. The quantitative estimate of drug-likeness (QED) is 0.416. The molecule has 0 amide bonds. The van der Waals surface area contributed by atoms with Crippen LogP contribution in [0.5, 0.6) is 11.5 Å². The fourth-order valence-corrected chi connectivity index (χ4v) is 3.64. The van der Waals surface area contributed by atoms with Crippen LogP contribution in [-0.4, -0.2) is 32.8 Å². The molecule has 1 atom stereocenters. The average Bonchev–Trinajstić information content (AvgIpc) is 3.07. The summed E-state index contributed by atoms with van der Waals surface area (Å²) >= 11 is 1.83. The van der Waals surface area contributed by atoms with Crippen molar-refractivity contribution in [2.45, 2.75) is 32.9 Å². The Bertz CT molecular complexity index is 808. The Morgan fingerprint density at radius 1 is 1.30 bits per heavy atom. The third kappa shape index (κ3) is 6.54. The topological polar surface area (TPSA) is 54.9 Å². The summed E-state index contributed by atoms with van der Waals surface area (Å²) in [4.78, 5) is 7.02. The van der Waals surface area contributed by atoms with Crippen LogP contribution < -0.4 is 20.1 Å².